The topological polar surface area (TPSA) is 25.2 Å². The monoisotopic (exact) mass is 243 g/mol. The minimum atomic E-state index is -2.44. The van der Waals surface area contributed by atoms with Crippen LogP contribution in [0.1, 0.15) is 31.2 Å². The van der Waals surface area contributed by atoms with E-state index in [1.807, 2.05) is 13.1 Å². The molecule has 1 aromatic heterocycles. The molecule has 2 nitrogen and oxygen atoms in total. The first-order chi connectivity index (χ1) is 8.11. The van der Waals surface area contributed by atoms with Crippen LogP contribution in [0.3, 0.4) is 0 Å². The molecule has 17 heavy (non-hydrogen) atoms. The molecule has 1 N–H and O–H groups in total. The van der Waals surface area contributed by atoms with Gasteiger partial charge in [0.1, 0.15) is 0 Å². The van der Waals surface area contributed by atoms with Crippen molar-refractivity contribution >= 4 is 0 Å². The van der Waals surface area contributed by atoms with Gasteiger partial charge in [0.05, 0.1) is 12.5 Å². The highest BCUT2D eigenvalue weighted by molar-refractivity contribution is 5.08. The van der Waals surface area contributed by atoms with E-state index in [1.165, 1.54) is 0 Å². The number of hydrogen-bond donors (Lipinski definition) is 1. The summed E-state index contributed by atoms with van der Waals surface area (Å²) < 4.78 is 31.2. The van der Waals surface area contributed by atoms with Crippen molar-refractivity contribution in [3.8, 4) is 0 Å². The maximum Gasteiger partial charge on any atom is 0.248 e. The Hall–Kier alpha value is -0.900. The van der Waals surface area contributed by atoms with Crippen molar-refractivity contribution in [3.05, 3.63) is 24.2 Å². The normalized spacial score (nSPS) is 22.5. The maximum absolute atomic E-state index is 13.1. The van der Waals surface area contributed by atoms with E-state index in [-0.39, 0.29) is 18.9 Å². The Morgan fingerprint density at radius 2 is 2.18 bits per heavy atom. The van der Waals surface area contributed by atoms with Crippen molar-refractivity contribution < 1.29 is 13.2 Å². The quantitative estimate of drug-likeness (QED) is 0.878. The van der Waals surface area contributed by atoms with E-state index >= 15 is 0 Å². The summed E-state index contributed by atoms with van der Waals surface area (Å²) in [5, 5.41) is 3.25. The first-order valence-electron chi connectivity index (χ1n) is 6.17. The number of rotatable bonds is 4. The molecule has 0 aromatic carbocycles. The highest BCUT2D eigenvalue weighted by Gasteiger charge is 2.37. The predicted molar refractivity (Wildman–Crippen MR) is 62.2 cm³/mol. The van der Waals surface area contributed by atoms with Crippen molar-refractivity contribution in [3.63, 3.8) is 0 Å². The SMILES string of the molecule is CNC(Cc1ccoc1)C1CCC(F)(F)CC1. The van der Waals surface area contributed by atoms with Crippen LogP contribution in [0.4, 0.5) is 8.78 Å². The molecule has 96 valence electrons. The zero-order valence-electron chi connectivity index (χ0n) is 10.1. The van der Waals surface area contributed by atoms with Crippen LogP contribution in [-0.2, 0) is 6.42 Å². The van der Waals surface area contributed by atoms with Gasteiger partial charge in [0.25, 0.3) is 0 Å². The van der Waals surface area contributed by atoms with Gasteiger partial charge in [-0.1, -0.05) is 0 Å². The third-order valence-corrected chi connectivity index (χ3v) is 3.74. The zero-order chi connectivity index (χ0) is 12.3. The number of alkyl halides is 2. The van der Waals surface area contributed by atoms with Crippen molar-refractivity contribution in [1.82, 2.24) is 5.32 Å². The summed E-state index contributed by atoms with van der Waals surface area (Å²) in [5.74, 6) is -2.10. The minimum absolute atomic E-state index is 0.0290. The van der Waals surface area contributed by atoms with Gasteiger partial charge in [-0.2, -0.15) is 0 Å². The minimum Gasteiger partial charge on any atom is -0.472 e. The summed E-state index contributed by atoms with van der Waals surface area (Å²) in [4.78, 5) is 0. The van der Waals surface area contributed by atoms with Gasteiger partial charge in [-0.15, -0.1) is 0 Å². The number of nitrogens with one attached hydrogen (secondary N) is 1. The molecular weight excluding hydrogens is 224 g/mol. The summed E-state index contributed by atoms with van der Waals surface area (Å²) >= 11 is 0. The summed E-state index contributed by atoms with van der Waals surface area (Å²) in [6, 6.07) is 2.20. The molecule has 1 fully saturated rings. The molecule has 0 saturated heterocycles. The van der Waals surface area contributed by atoms with Gasteiger partial charge in [0.2, 0.25) is 5.92 Å². The molecule has 1 aliphatic carbocycles. The van der Waals surface area contributed by atoms with Gasteiger partial charge in [-0.3, -0.25) is 0 Å². The Bertz CT molecular complexity index is 327. The van der Waals surface area contributed by atoms with E-state index < -0.39 is 5.92 Å². The smallest absolute Gasteiger partial charge is 0.248 e. The third kappa shape index (κ3) is 3.28. The molecule has 0 radical (unpaired) electrons. The van der Waals surface area contributed by atoms with Gasteiger partial charge in [-0.05, 0) is 43.9 Å². The highest BCUT2D eigenvalue weighted by Crippen LogP contribution is 2.37. The fraction of sp³-hybridized carbons (Fsp3) is 0.692. The second-order valence-corrected chi connectivity index (χ2v) is 4.92. The van der Waals surface area contributed by atoms with E-state index in [0.717, 1.165) is 12.0 Å². The zero-order valence-corrected chi connectivity index (χ0v) is 10.1. The molecule has 1 aromatic rings. The molecule has 4 heteroatoms. The largest absolute Gasteiger partial charge is 0.472 e. The molecule has 0 amide bonds. The predicted octanol–water partition coefficient (Wildman–Crippen LogP) is 3.24. The van der Waals surface area contributed by atoms with Crippen LogP contribution in [0.2, 0.25) is 0 Å². The summed E-state index contributed by atoms with van der Waals surface area (Å²) in [7, 11) is 1.90. The lowest BCUT2D eigenvalue weighted by Crippen LogP contribution is -2.39. The van der Waals surface area contributed by atoms with E-state index in [4.69, 9.17) is 4.42 Å². The van der Waals surface area contributed by atoms with Crippen LogP contribution in [0, 0.1) is 5.92 Å². The first kappa shape index (κ1) is 12.6. The highest BCUT2D eigenvalue weighted by atomic mass is 19.3. The molecule has 1 heterocycles. The average Bonchev–Trinajstić information content (AvgIpc) is 2.79. The van der Waals surface area contributed by atoms with Gasteiger partial charge in [-0.25, -0.2) is 8.78 Å². The van der Waals surface area contributed by atoms with Crippen LogP contribution >= 0.6 is 0 Å². The van der Waals surface area contributed by atoms with Gasteiger partial charge < -0.3 is 9.73 Å². The van der Waals surface area contributed by atoms with Crippen LogP contribution in [-0.4, -0.2) is 19.0 Å². The summed E-state index contributed by atoms with van der Waals surface area (Å²) in [6.45, 7) is 0. The lowest BCUT2D eigenvalue weighted by Gasteiger charge is -2.33. The standard InChI is InChI=1S/C13H19F2NO/c1-16-12(8-10-4-7-17-9-10)11-2-5-13(14,15)6-3-11/h4,7,9,11-12,16H,2-3,5-6,8H2,1H3. The van der Waals surface area contributed by atoms with Crippen molar-refractivity contribution in [1.29, 1.82) is 0 Å². The Morgan fingerprint density at radius 1 is 1.47 bits per heavy atom. The second-order valence-electron chi connectivity index (χ2n) is 4.92. The van der Waals surface area contributed by atoms with E-state index in [9.17, 15) is 8.78 Å². The van der Waals surface area contributed by atoms with Crippen LogP contribution < -0.4 is 5.32 Å². The fourth-order valence-corrected chi connectivity index (χ4v) is 2.63. The molecule has 1 atom stereocenters. The number of furan rings is 1. The summed E-state index contributed by atoms with van der Waals surface area (Å²) in [6.07, 6.45) is 5.50. The lowest BCUT2D eigenvalue weighted by molar-refractivity contribution is -0.0492. The van der Waals surface area contributed by atoms with Crippen molar-refractivity contribution in [2.24, 2.45) is 5.92 Å². The number of halogens is 2. The molecule has 0 aliphatic heterocycles. The van der Waals surface area contributed by atoms with E-state index in [1.54, 1.807) is 12.5 Å². The molecule has 2 rings (SSSR count). The van der Waals surface area contributed by atoms with E-state index in [2.05, 4.69) is 5.32 Å². The molecule has 1 unspecified atom stereocenters. The Morgan fingerprint density at radius 3 is 2.71 bits per heavy atom. The molecule has 0 bridgehead atoms. The fourth-order valence-electron chi connectivity index (χ4n) is 2.63. The summed E-state index contributed by atoms with van der Waals surface area (Å²) in [5.41, 5.74) is 1.13. The second kappa shape index (κ2) is 5.17. The van der Waals surface area contributed by atoms with Crippen LogP contribution in [0.5, 0.6) is 0 Å². The lowest BCUT2D eigenvalue weighted by atomic mass is 9.80. The number of likely N-dealkylation sites (N-methyl/N-ethyl adjacent to an activating group) is 1. The van der Waals surface area contributed by atoms with Crippen molar-refractivity contribution in [2.75, 3.05) is 7.05 Å². The van der Waals surface area contributed by atoms with Crippen LogP contribution in [0.25, 0.3) is 0 Å². The van der Waals surface area contributed by atoms with Gasteiger partial charge in [0.15, 0.2) is 0 Å². The molecule has 0 spiro atoms. The Labute approximate surface area is 100 Å². The molecule has 1 saturated carbocycles. The van der Waals surface area contributed by atoms with E-state index in [0.29, 0.717) is 18.8 Å². The third-order valence-electron chi connectivity index (χ3n) is 3.74. The van der Waals surface area contributed by atoms with Gasteiger partial charge in [0, 0.05) is 18.9 Å². The van der Waals surface area contributed by atoms with Crippen molar-refractivity contribution in [2.45, 2.75) is 44.1 Å². The maximum atomic E-state index is 13.1. The van der Waals surface area contributed by atoms with Crippen LogP contribution in [0.15, 0.2) is 23.0 Å². The molecular formula is C13H19F2NO. The average molecular weight is 243 g/mol. The van der Waals surface area contributed by atoms with Gasteiger partial charge >= 0.3 is 0 Å². The Kier molecular flexibility index (Phi) is 3.82. The first-order valence-corrected chi connectivity index (χ1v) is 6.17. The molecule has 1 aliphatic rings. The Balaban J connectivity index is 1.91. The number of hydrogen-bond acceptors (Lipinski definition) is 2.